The molecule has 0 amide bonds. The number of pyridine rings is 1. The van der Waals surface area contributed by atoms with E-state index in [2.05, 4.69) is 25.9 Å². The first-order valence-electron chi connectivity index (χ1n) is 8.78. The third kappa shape index (κ3) is 4.45. The van der Waals surface area contributed by atoms with Crippen molar-refractivity contribution in [2.45, 2.75) is 43.1 Å². The number of hydrogen-bond donors (Lipinski definition) is 2. The third-order valence-electron chi connectivity index (χ3n) is 5.26. The highest BCUT2D eigenvalue weighted by Crippen LogP contribution is 2.43. The van der Waals surface area contributed by atoms with Gasteiger partial charge in [-0.25, -0.2) is 18.4 Å². The summed E-state index contributed by atoms with van der Waals surface area (Å²) < 4.78 is 24.1. The zero-order valence-electron chi connectivity index (χ0n) is 15.4. The molecule has 1 atom stereocenters. The van der Waals surface area contributed by atoms with Crippen molar-refractivity contribution in [3.05, 3.63) is 27.9 Å². The lowest BCUT2D eigenvalue weighted by Crippen LogP contribution is -2.35. The number of aliphatic carboxylic acids is 1. The van der Waals surface area contributed by atoms with Gasteiger partial charge in [0.15, 0.2) is 9.84 Å². The Morgan fingerprint density at radius 3 is 2.50 bits per heavy atom. The summed E-state index contributed by atoms with van der Waals surface area (Å²) in [6.07, 6.45) is 5.03. The molecule has 0 spiro atoms. The number of halogens is 1. The van der Waals surface area contributed by atoms with Crippen LogP contribution in [0.2, 0.25) is 0 Å². The molecule has 2 aromatic rings. The van der Waals surface area contributed by atoms with Crippen molar-refractivity contribution >= 4 is 43.1 Å². The van der Waals surface area contributed by atoms with Crippen LogP contribution in [0.1, 0.15) is 37.6 Å². The second kappa shape index (κ2) is 7.81. The van der Waals surface area contributed by atoms with E-state index in [1.807, 2.05) is 0 Å². The number of nitrogens with zero attached hydrogens (tertiary/aromatic N) is 2. The number of sulfone groups is 1. The Labute approximate surface area is 175 Å². The van der Waals surface area contributed by atoms with Crippen LogP contribution < -0.4 is 0 Å². The third-order valence-corrected chi connectivity index (χ3v) is 8.00. The fourth-order valence-corrected chi connectivity index (χ4v) is 5.76. The van der Waals surface area contributed by atoms with E-state index in [0.717, 1.165) is 6.26 Å². The molecule has 0 aromatic carbocycles. The topological polar surface area (TPSA) is 117 Å². The van der Waals surface area contributed by atoms with Crippen LogP contribution in [0.25, 0.3) is 10.6 Å². The Bertz CT molecular complexity index is 995. The molecule has 2 N–H and O–H groups in total. The molecule has 0 saturated heterocycles. The minimum absolute atomic E-state index is 0.0795. The molecular formula is C18H21BrN2O5S2. The maximum Gasteiger partial charge on any atom is 0.306 e. The van der Waals surface area contributed by atoms with Crippen LogP contribution >= 0.6 is 27.3 Å². The maximum absolute atomic E-state index is 11.9. The first-order valence-corrected chi connectivity index (χ1v) is 12.3. The lowest BCUT2D eigenvalue weighted by atomic mass is 9.74. The lowest BCUT2D eigenvalue weighted by molar-refractivity contribution is -0.144. The smallest absolute Gasteiger partial charge is 0.306 e. The highest BCUT2D eigenvalue weighted by atomic mass is 79.9. The first-order chi connectivity index (χ1) is 13.0. The van der Waals surface area contributed by atoms with Gasteiger partial charge >= 0.3 is 5.97 Å². The molecule has 0 aliphatic heterocycles. The second-order valence-corrected chi connectivity index (χ2v) is 11.2. The van der Waals surface area contributed by atoms with Gasteiger partial charge in [0.05, 0.1) is 21.4 Å². The highest BCUT2D eigenvalue weighted by Gasteiger charge is 2.40. The summed E-state index contributed by atoms with van der Waals surface area (Å²) in [5.74, 6) is -1.21. The van der Waals surface area contributed by atoms with Gasteiger partial charge in [0.1, 0.15) is 15.2 Å². The van der Waals surface area contributed by atoms with Gasteiger partial charge in [-0.05, 0) is 66.6 Å². The van der Waals surface area contributed by atoms with E-state index in [1.165, 1.54) is 23.5 Å². The van der Waals surface area contributed by atoms with Crippen LogP contribution in [0.15, 0.2) is 27.8 Å². The summed E-state index contributed by atoms with van der Waals surface area (Å²) in [5, 5.41) is 20.8. The summed E-state index contributed by atoms with van der Waals surface area (Å²) >= 11 is 4.51. The van der Waals surface area contributed by atoms with Gasteiger partial charge in [-0.2, -0.15) is 0 Å². The van der Waals surface area contributed by atoms with Crippen molar-refractivity contribution in [3.63, 3.8) is 0 Å². The van der Waals surface area contributed by atoms with E-state index in [0.29, 0.717) is 45.9 Å². The van der Waals surface area contributed by atoms with E-state index in [-0.39, 0.29) is 16.7 Å². The zero-order chi connectivity index (χ0) is 20.7. The standard InChI is InChI=1S/C18H21BrN2O5S2/c1-18(24,11-5-3-10(4-6-11)16(22)23)17-20-9-14(27-17)13-7-12(28(2,25)26)8-15(19)21-13/h7-11,24H,3-6H2,1-2H3,(H,22,23). The SMILES string of the molecule is CC(O)(c1ncc(-c2cc(S(C)(=O)=O)cc(Br)n2)s1)C1CCC(C(=O)O)CC1. The fourth-order valence-electron chi connectivity index (χ4n) is 3.52. The molecule has 1 fully saturated rings. The predicted octanol–water partition coefficient (Wildman–Crippen LogP) is 3.47. The number of aromatic nitrogens is 2. The van der Waals surface area contributed by atoms with Gasteiger partial charge in [-0.15, -0.1) is 11.3 Å². The Kier molecular flexibility index (Phi) is 5.96. The fraction of sp³-hybridized carbons (Fsp3) is 0.500. The molecule has 10 heteroatoms. The van der Waals surface area contributed by atoms with Crippen LogP contribution in [0.4, 0.5) is 0 Å². The number of hydrogen-bond acceptors (Lipinski definition) is 7. The van der Waals surface area contributed by atoms with E-state index in [9.17, 15) is 18.3 Å². The van der Waals surface area contributed by atoms with E-state index in [4.69, 9.17) is 5.11 Å². The molecule has 2 aromatic heterocycles. The lowest BCUT2D eigenvalue weighted by Gasteiger charge is -2.35. The molecular weight excluding hydrogens is 468 g/mol. The van der Waals surface area contributed by atoms with Gasteiger partial charge in [0, 0.05) is 12.5 Å². The highest BCUT2D eigenvalue weighted by molar-refractivity contribution is 9.10. The summed E-state index contributed by atoms with van der Waals surface area (Å²) in [4.78, 5) is 20.6. The van der Waals surface area contributed by atoms with E-state index in [1.54, 1.807) is 13.1 Å². The number of thiazole rings is 1. The molecule has 2 heterocycles. The van der Waals surface area contributed by atoms with Gasteiger partial charge in [-0.3, -0.25) is 4.79 Å². The van der Waals surface area contributed by atoms with Gasteiger partial charge in [0.25, 0.3) is 0 Å². The van der Waals surface area contributed by atoms with Crippen molar-refractivity contribution < 1.29 is 23.4 Å². The van der Waals surface area contributed by atoms with Crippen molar-refractivity contribution in [1.29, 1.82) is 0 Å². The van der Waals surface area contributed by atoms with Crippen molar-refractivity contribution in [1.82, 2.24) is 9.97 Å². The average molecular weight is 489 g/mol. The monoisotopic (exact) mass is 488 g/mol. The summed E-state index contributed by atoms with van der Waals surface area (Å²) in [7, 11) is -3.39. The van der Waals surface area contributed by atoms with Crippen LogP contribution in [-0.4, -0.2) is 40.8 Å². The molecule has 1 aliphatic carbocycles. The molecule has 0 bridgehead atoms. The van der Waals surface area contributed by atoms with E-state index < -0.39 is 21.4 Å². The van der Waals surface area contributed by atoms with Crippen LogP contribution in [0, 0.1) is 11.8 Å². The molecule has 3 rings (SSSR count). The van der Waals surface area contributed by atoms with Crippen molar-refractivity contribution in [3.8, 4) is 10.6 Å². The van der Waals surface area contributed by atoms with Crippen LogP contribution in [-0.2, 0) is 20.2 Å². The van der Waals surface area contributed by atoms with Gasteiger partial charge in [-0.1, -0.05) is 0 Å². The first kappa shape index (κ1) is 21.4. The van der Waals surface area contributed by atoms with Crippen molar-refractivity contribution in [2.75, 3.05) is 6.26 Å². The summed E-state index contributed by atoms with van der Waals surface area (Å²) in [6, 6.07) is 2.93. The Hall–Kier alpha value is -1.36. The zero-order valence-corrected chi connectivity index (χ0v) is 18.6. The Morgan fingerprint density at radius 2 is 1.93 bits per heavy atom. The Balaban J connectivity index is 1.86. The predicted molar refractivity (Wildman–Crippen MR) is 109 cm³/mol. The number of carboxylic acid groups (broad SMARTS) is 1. The molecule has 1 aliphatic rings. The van der Waals surface area contributed by atoms with Crippen LogP contribution in [0.5, 0.6) is 0 Å². The normalized spacial score (nSPS) is 22.6. The molecule has 28 heavy (non-hydrogen) atoms. The Morgan fingerprint density at radius 1 is 1.29 bits per heavy atom. The molecule has 1 saturated carbocycles. The minimum Gasteiger partial charge on any atom is -0.481 e. The van der Waals surface area contributed by atoms with Gasteiger partial charge in [0.2, 0.25) is 0 Å². The van der Waals surface area contributed by atoms with E-state index >= 15 is 0 Å². The second-order valence-electron chi connectivity index (χ2n) is 7.35. The molecule has 152 valence electrons. The van der Waals surface area contributed by atoms with Crippen molar-refractivity contribution in [2.24, 2.45) is 11.8 Å². The molecule has 7 nitrogen and oxygen atoms in total. The average Bonchev–Trinajstić information content (AvgIpc) is 3.11. The quantitative estimate of drug-likeness (QED) is 0.618. The largest absolute Gasteiger partial charge is 0.481 e. The number of rotatable bonds is 5. The van der Waals surface area contributed by atoms with Crippen LogP contribution in [0.3, 0.4) is 0 Å². The number of aliphatic hydroxyl groups is 1. The number of carboxylic acids is 1. The maximum atomic E-state index is 11.9. The number of carbonyl (C=O) groups is 1. The summed E-state index contributed by atoms with van der Waals surface area (Å²) in [6.45, 7) is 1.71. The van der Waals surface area contributed by atoms with Gasteiger partial charge < -0.3 is 10.2 Å². The minimum atomic E-state index is -3.39. The molecule has 0 radical (unpaired) electrons. The summed E-state index contributed by atoms with van der Waals surface area (Å²) in [5.41, 5.74) is -0.720. The molecule has 1 unspecified atom stereocenters.